The molecule has 7 heteroatoms. The Morgan fingerprint density at radius 1 is 0.558 bits per heavy atom. The third-order valence-corrected chi connectivity index (χ3v) is 19.9. The second-order valence-electron chi connectivity index (χ2n) is 13.1. The van der Waals surface area contributed by atoms with Crippen molar-refractivity contribution in [3.63, 3.8) is 0 Å². The van der Waals surface area contributed by atoms with E-state index in [4.69, 9.17) is 30.2 Å². The van der Waals surface area contributed by atoms with Crippen molar-refractivity contribution in [2.75, 3.05) is 4.90 Å². The highest BCUT2D eigenvalue weighted by Crippen LogP contribution is 2.61. The largest absolute Gasteiger partial charge is 0.308 e. The number of nitrogens with zero attached hydrogens (tertiary/aromatic N) is 3. The molecule has 7 aromatic carbocycles. The highest BCUT2D eigenvalue weighted by molar-refractivity contribution is 8.27. The Morgan fingerprint density at radius 3 is 1.58 bits per heavy atom. The van der Waals surface area contributed by atoms with Crippen LogP contribution in [0.1, 0.15) is 11.1 Å². The maximum Gasteiger partial charge on any atom is 0.187 e. The van der Waals surface area contributed by atoms with E-state index < -0.39 is 12.1 Å². The van der Waals surface area contributed by atoms with Crippen LogP contribution in [0.3, 0.4) is 0 Å². The van der Waals surface area contributed by atoms with Gasteiger partial charge in [0.2, 0.25) is 0 Å². The van der Waals surface area contributed by atoms with E-state index in [1.165, 1.54) is 0 Å². The van der Waals surface area contributed by atoms with Gasteiger partial charge in [-0.15, -0.1) is 0 Å². The van der Waals surface area contributed by atoms with Crippen molar-refractivity contribution >= 4 is 90.3 Å². The minimum absolute atomic E-state index is 0.607. The molecule has 0 radical (unpaired) electrons. The van der Waals surface area contributed by atoms with Crippen molar-refractivity contribution < 1.29 is 0 Å². The van der Waals surface area contributed by atoms with E-state index in [-0.39, 0.29) is 0 Å². The summed E-state index contributed by atoms with van der Waals surface area (Å²) in [4.78, 5) is 6.13. The van der Waals surface area contributed by atoms with Crippen LogP contribution in [0.25, 0.3) is 27.1 Å². The number of anilines is 3. The lowest BCUT2D eigenvalue weighted by Crippen LogP contribution is -2.46. The van der Waals surface area contributed by atoms with Gasteiger partial charge in [-0.2, -0.15) is 5.26 Å². The lowest BCUT2D eigenvalue weighted by atomic mass is 10.0. The average Bonchev–Trinajstić information content (AvgIpc) is 3.21. The molecule has 0 aromatic heterocycles. The molecule has 7 aromatic rings. The first-order valence-electron chi connectivity index (χ1n) is 16.9. The summed E-state index contributed by atoms with van der Waals surface area (Å²) in [7, 11) is 0. The van der Waals surface area contributed by atoms with Gasteiger partial charge < -0.3 is 4.90 Å². The van der Waals surface area contributed by atoms with Crippen LogP contribution in [0, 0.1) is 24.8 Å². The number of rotatable bonds is 4. The molecule has 0 amide bonds. The second-order valence-corrected chi connectivity index (χ2v) is 21.8. The molecule has 0 aliphatic carbocycles. The average molecular weight is 738 g/mol. The zero-order chi connectivity index (χ0) is 35.6. The van der Waals surface area contributed by atoms with Gasteiger partial charge in [-0.1, -0.05) is 127 Å². The zero-order valence-corrected chi connectivity index (χ0v) is 31.5. The van der Waals surface area contributed by atoms with Gasteiger partial charge in [0.15, 0.2) is 5.69 Å². The summed E-state index contributed by atoms with van der Waals surface area (Å²) >= 11 is 14.2. The minimum atomic E-state index is -2.64. The standard InChI is InChI=1S/C45H29N3P2S2/c1-30-23-43-45-44(24-30)50(52,38-17-7-4-8-18-38)42-28-35(33-13-10-14-36(26-33)47-2)20-22-40(42)48(45)39-21-19-34(32-12-9-11-31(25-32)29-46)27-41(39)49(43,51)37-15-5-3-6-16-37/h3-28H,1H3. The van der Waals surface area contributed by atoms with Crippen molar-refractivity contribution in [3.05, 3.63) is 180 Å². The second kappa shape index (κ2) is 12.4. The predicted octanol–water partition coefficient (Wildman–Crippen LogP) is 9.36. The van der Waals surface area contributed by atoms with Crippen molar-refractivity contribution in [2.45, 2.75) is 6.92 Å². The first-order chi connectivity index (χ1) is 25.3. The Bertz CT molecular complexity index is 2610. The van der Waals surface area contributed by atoms with Crippen LogP contribution in [0.4, 0.5) is 22.7 Å². The molecule has 0 spiro atoms. The van der Waals surface area contributed by atoms with Gasteiger partial charge in [0.25, 0.3) is 0 Å². The van der Waals surface area contributed by atoms with Gasteiger partial charge in [-0.25, -0.2) is 4.85 Å². The lowest BCUT2D eigenvalue weighted by molar-refractivity contribution is 1.31. The van der Waals surface area contributed by atoms with Crippen LogP contribution in [-0.4, -0.2) is 0 Å². The molecule has 2 heterocycles. The minimum Gasteiger partial charge on any atom is -0.308 e. The summed E-state index contributed by atoms with van der Waals surface area (Å²) in [6.45, 7) is 9.81. The van der Waals surface area contributed by atoms with Crippen molar-refractivity contribution in [1.82, 2.24) is 0 Å². The van der Waals surface area contributed by atoms with Gasteiger partial charge in [0.1, 0.15) is 0 Å². The maximum absolute atomic E-state index is 9.72. The molecule has 9 rings (SSSR count). The van der Waals surface area contributed by atoms with Crippen LogP contribution >= 0.6 is 12.1 Å². The van der Waals surface area contributed by atoms with E-state index in [2.05, 4.69) is 144 Å². The summed E-state index contributed by atoms with van der Waals surface area (Å²) < 4.78 is 0. The fourth-order valence-electron chi connectivity index (χ4n) is 7.72. The van der Waals surface area contributed by atoms with Gasteiger partial charge in [0.05, 0.1) is 35.3 Å². The molecule has 0 saturated carbocycles. The fraction of sp³-hybridized carbons (Fsp3) is 0.0222. The van der Waals surface area contributed by atoms with Gasteiger partial charge in [0, 0.05) is 33.3 Å². The summed E-state index contributed by atoms with van der Waals surface area (Å²) in [6, 6.07) is 51.8. The Labute approximate surface area is 314 Å². The monoisotopic (exact) mass is 737 g/mol. The molecule has 0 fully saturated rings. The Morgan fingerprint density at radius 2 is 1.06 bits per heavy atom. The van der Waals surface area contributed by atoms with Crippen molar-refractivity contribution in [2.24, 2.45) is 0 Å². The molecule has 2 atom stereocenters. The summed E-state index contributed by atoms with van der Waals surface area (Å²) in [5.41, 5.74) is 9.63. The van der Waals surface area contributed by atoms with E-state index >= 15 is 0 Å². The Kier molecular flexibility index (Phi) is 7.75. The van der Waals surface area contributed by atoms with Crippen LogP contribution < -0.4 is 36.7 Å². The van der Waals surface area contributed by atoms with Gasteiger partial charge >= 0.3 is 0 Å². The van der Waals surface area contributed by atoms with Gasteiger partial charge in [-0.3, -0.25) is 0 Å². The number of benzene rings is 7. The molecule has 0 bridgehead atoms. The predicted molar refractivity (Wildman–Crippen MR) is 227 cm³/mol. The third-order valence-electron chi connectivity index (χ3n) is 10.1. The fourth-order valence-corrected chi connectivity index (χ4v) is 16.5. The highest BCUT2D eigenvalue weighted by atomic mass is 32.4. The summed E-state index contributed by atoms with van der Waals surface area (Å²) in [5.74, 6) is 0. The van der Waals surface area contributed by atoms with E-state index in [0.29, 0.717) is 11.3 Å². The molecular weight excluding hydrogens is 709 g/mol. The smallest absolute Gasteiger partial charge is 0.187 e. The Hall–Kier alpha value is -5.38. The van der Waals surface area contributed by atoms with Crippen molar-refractivity contribution in [1.29, 1.82) is 5.26 Å². The Balaban J connectivity index is 1.40. The molecule has 2 unspecified atom stereocenters. The molecule has 3 nitrogen and oxygen atoms in total. The summed E-state index contributed by atoms with van der Waals surface area (Å²) in [5, 5.41) is 16.5. The maximum atomic E-state index is 9.72. The number of hydrogen-bond acceptors (Lipinski definition) is 4. The van der Waals surface area contributed by atoms with E-state index in [1.807, 2.05) is 36.4 Å². The number of aryl methyl sites for hydroxylation is 1. The van der Waals surface area contributed by atoms with Crippen molar-refractivity contribution in [3.8, 4) is 28.3 Å². The van der Waals surface area contributed by atoms with E-state index in [0.717, 1.165) is 76.7 Å². The van der Waals surface area contributed by atoms with Crippen LogP contribution in [0.15, 0.2) is 158 Å². The lowest BCUT2D eigenvalue weighted by Gasteiger charge is -2.47. The highest BCUT2D eigenvalue weighted by Gasteiger charge is 2.46. The van der Waals surface area contributed by atoms with E-state index in [1.54, 1.807) is 0 Å². The SMILES string of the molecule is [C-]#[N+]c1cccc(-c2ccc3c(c2)P(=S)(c2ccccc2)c2cc(C)cc4c2N3c2ccc(-c3cccc(C#N)c3)cc2P4(=S)c2ccccc2)c1. The summed E-state index contributed by atoms with van der Waals surface area (Å²) in [6.07, 6.45) is 0. The zero-order valence-electron chi connectivity index (χ0n) is 28.1. The number of nitriles is 1. The number of fused-ring (bicyclic) bond motifs is 4. The normalized spacial score (nSPS) is 17.9. The molecule has 0 N–H and O–H groups in total. The molecule has 52 heavy (non-hydrogen) atoms. The first kappa shape index (κ1) is 32.5. The molecular formula is C45H29N3P2S2. The molecule has 2 aliphatic heterocycles. The molecule has 2 aliphatic rings. The third kappa shape index (κ3) is 4.83. The topological polar surface area (TPSA) is 31.4 Å². The van der Waals surface area contributed by atoms with Crippen LogP contribution in [0.2, 0.25) is 0 Å². The molecule has 246 valence electrons. The quantitative estimate of drug-likeness (QED) is 0.133. The molecule has 0 saturated heterocycles. The number of hydrogen-bond donors (Lipinski definition) is 0. The first-order valence-corrected chi connectivity index (χ1v) is 22.5. The van der Waals surface area contributed by atoms with Crippen LogP contribution in [-0.2, 0) is 23.6 Å². The van der Waals surface area contributed by atoms with Crippen LogP contribution in [0.5, 0.6) is 0 Å². The van der Waals surface area contributed by atoms with E-state index in [9.17, 15) is 5.26 Å². The van der Waals surface area contributed by atoms with Gasteiger partial charge in [-0.05, 0) is 99.9 Å².